The van der Waals surface area contributed by atoms with E-state index in [1.54, 1.807) is 37.4 Å². The van der Waals surface area contributed by atoms with Crippen LogP contribution in [0.5, 0.6) is 5.75 Å². The average molecular weight is 568 g/mol. The summed E-state index contributed by atoms with van der Waals surface area (Å²) in [6.07, 6.45) is 5.31. The van der Waals surface area contributed by atoms with Gasteiger partial charge >= 0.3 is 11.5 Å². The van der Waals surface area contributed by atoms with Crippen LogP contribution in [-0.2, 0) is 19.6 Å². The highest BCUT2D eigenvalue weighted by Gasteiger charge is 2.33. The highest BCUT2D eigenvalue weighted by molar-refractivity contribution is 7.89. The molecule has 0 atom stereocenters. The number of aromatic nitrogens is 3. The van der Waals surface area contributed by atoms with E-state index < -0.39 is 10.0 Å². The van der Waals surface area contributed by atoms with Crippen molar-refractivity contribution >= 4 is 21.7 Å². The maximum Gasteiger partial charge on any atom is 0.316 e. The molecule has 0 radical (unpaired) electrons. The number of carbonyl (C=O) groups is 1. The molecule has 1 aliphatic carbocycles. The number of ether oxygens (including phenoxy) is 2. The zero-order valence-corrected chi connectivity index (χ0v) is 23.2. The van der Waals surface area contributed by atoms with E-state index in [0.29, 0.717) is 56.8 Å². The molecule has 3 aromatic rings. The molecule has 11 nitrogen and oxygen atoms in total. The molecular formula is C28H33N5O6S. The summed E-state index contributed by atoms with van der Waals surface area (Å²) in [5.41, 5.74) is 0.750. The van der Waals surface area contributed by atoms with Gasteiger partial charge in [-0.15, -0.1) is 0 Å². The Hall–Kier alpha value is -3.77. The Bertz CT molecular complexity index is 1470. The first kappa shape index (κ1) is 27.8. The van der Waals surface area contributed by atoms with Crippen LogP contribution in [0.1, 0.15) is 32.6 Å². The van der Waals surface area contributed by atoms with Gasteiger partial charge in [-0.1, -0.05) is 24.3 Å². The maximum atomic E-state index is 13.7. The van der Waals surface area contributed by atoms with Crippen molar-refractivity contribution in [2.75, 3.05) is 37.7 Å². The van der Waals surface area contributed by atoms with Crippen molar-refractivity contribution in [3.05, 3.63) is 71.3 Å². The second-order valence-corrected chi connectivity index (χ2v) is 11.7. The maximum absolute atomic E-state index is 13.7. The third kappa shape index (κ3) is 5.87. The van der Waals surface area contributed by atoms with Gasteiger partial charge in [0.15, 0.2) is 5.03 Å². The van der Waals surface area contributed by atoms with E-state index in [1.165, 1.54) is 21.3 Å². The SMILES string of the molecule is CCOC(=O)C1CCC(Oc2c(N3CCN(S(=O)(=O)c4ccccn4)CC3)cnn(-c3ccccc3)c2=O)CC1. The van der Waals surface area contributed by atoms with Gasteiger partial charge < -0.3 is 14.4 Å². The Morgan fingerprint density at radius 3 is 2.33 bits per heavy atom. The van der Waals surface area contributed by atoms with Gasteiger partial charge in [-0.25, -0.2) is 13.4 Å². The van der Waals surface area contributed by atoms with Crippen LogP contribution in [0.2, 0.25) is 0 Å². The monoisotopic (exact) mass is 567 g/mol. The lowest BCUT2D eigenvalue weighted by molar-refractivity contribution is -0.149. The van der Waals surface area contributed by atoms with Crippen LogP contribution < -0.4 is 15.2 Å². The van der Waals surface area contributed by atoms with Gasteiger partial charge in [0.2, 0.25) is 5.75 Å². The zero-order chi connectivity index (χ0) is 28.1. The summed E-state index contributed by atoms with van der Waals surface area (Å²) < 4.78 is 40.4. The summed E-state index contributed by atoms with van der Waals surface area (Å²) in [6.45, 7) is 3.31. The topological polar surface area (TPSA) is 124 Å². The normalized spacial score (nSPS) is 20.2. The number of benzene rings is 1. The Balaban J connectivity index is 1.37. The van der Waals surface area contributed by atoms with Gasteiger partial charge in [-0.3, -0.25) is 9.59 Å². The molecule has 0 amide bonds. The standard InChI is InChI=1S/C28H33N5O6S/c1-2-38-28(35)21-11-13-23(14-12-21)39-26-24(20-30-33(27(26)34)22-8-4-3-5-9-22)31-16-18-32(19-17-31)40(36,37)25-10-6-7-15-29-25/h3-10,15,20-21,23H,2,11-14,16-19H2,1H3. The van der Waals surface area contributed by atoms with E-state index in [1.807, 2.05) is 23.1 Å². The second kappa shape index (κ2) is 12.2. The first-order chi connectivity index (χ1) is 19.4. The molecule has 5 rings (SSSR count). The molecule has 3 heterocycles. The van der Waals surface area contributed by atoms with Crippen LogP contribution in [0.25, 0.3) is 5.69 Å². The van der Waals surface area contributed by atoms with Crippen molar-refractivity contribution in [2.45, 2.75) is 43.7 Å². The summed E-state index contributed by atoms with van der Waals surface area (Å²) in [4.78, 5) is 31.9. The van der Waals surface area contributed by atoms with E-state index in [4.69, 9.17) is 9.47 Å². The van der Waals surface area contributed by atoms with Crippen molar-refractivity contribution in [1.82, 2.24) is 19.1 Å². The smallest absolute Gasteiger partial charge is 0.316 e. The second-order valence-electron chi connectivity index (χ2n) is 9.81. The summed E-state index contributed by atoms with van der Waals surface area (Å²) in [5.74, 6) is -0.165. The number of pyridine rings is 1. The minimum Gasteiger partial charge on any atom is -0.483 e. The number of nitrogens with zero attached hydrogens (tertiary/aromatic N) is 5. The average Bonchev–Trinajstić information content (AvgIpc) is 2.99. The van der Waals surface area contributed by atoms with Crippen molar-refractivity contribution in [2.24, 2.45) is 5.92 Å². The third-order valence-electron chi connectivity index (χ3n) is 7.32. The molecule has 1 saturated heterocycles. The molecule has 1 aromatic carbocycles. The van der Waals surface area contributed by atoms with Crippen molar-refractivity contribution in [1.29, 1.82) is 0 Å². The third-order valence-corrected chi connectivity index (χ3v) is 9.13. The van der Waals surface area contributed by atoms with Crippen molar-refractivity contribution < 1.29 is 22.7 Å². The molecular weight excluding hydrogens is 534 g/mol. The number of para-hydroxylation sites is 1. The first-order valence-corrected chi connectivity index (χ1v) is 15.0. The van der Waals surface area contributed by atoms with Crippen LogP contribution >= 0.6 is 0 Å². The van der Waals surface area contributed by atoms with Gasteiger partial charge in [0.1, 0.15) is 5.69 Å². The number of hydrogen-bond donors (Lipinski definition) is 0. The summed E-state index contributed by atoms with van der Waals surface area (Å²) in [7, 11) is -3.72. The van der Waals surface area contributed by atoms with Gasteiger partial charge in [-0.05, 0) is 56.9 Å². The molecule has 2 aliphatic rings. The number of rotatable bonds is 8. The van der Waals surface area contributed by atoms with Gasteiger partial charge in [0, 0.05) is 32.4 Å². The van der Waals surface area contributed by atoms with E-state index in [2.05, 4.69) is 10.1 Å². The number of hydrogen-bond acceptors (Lipinski definition) is 9. The molecule has 2 aromatic heterocycles. The Labute approximate surface area is 233 Å². The molecule has 1 saturated carbocycles. The lowest BCUT2D eigenvalue weighted by Gasteiger charge is -2.36. The summed E-state index contributed by atoms with van der Waals surface area (Å²) in [6, 6.07) is 13.9. The number of esters is 1. The van der Waals surface area contributed by atoms with Crippen LogP contribution in [0.15, 0.2) is 70.7 Å². The lowest BCUT2D eigenvalue weighted by Crippen LogP contribution is -2.49. The predicted octanol–water partition coefficient (Wildman–Crippen LogP) is 2.64. The largest absolute Gasteiger partial charge is 0.483 e. The zero-order valence-electron chi connectivity index (χ0n) is 22.4. The lowest BCUT2D eigenvalue weighted by atomic mass is 9.87. The summed E-state index contributed by atoms with van der Waals surface area (Å²) in [5, 5.41) is 4.44. The minimum atomic E-state index is -3.72. The molecule has 0 unspecified atom stereocenters. The molecule has 2 fully saturated rings. The predicted molar refractivity (Wildman–Crippen MR) is 148 cm³/mol. The van der Waals surface area contributed by atoms with Gasteiger partial charge in [0.05, 0.1) is 30.5 Å². The fourth-order valence-electron chi connectivity index (χ4n) is 5.16. The summed E-state index contributed by atoms with van der Waals surface area (Å²) >= 11 is 0. The van der Waals surface area contributed by atoms with E-state index in [0.717, 1.165) is 0 Å². The van der Waals surface area contributed by atoms with Gasteiger partial charge in [-0.2, -0.15) is 14.1 Å². The van der Waals surface area contributed by atoms with E-state index >= 15 is 0 Å². The fourth-order valence-corrected chi connectivity index (χ4v) is 6.52. The van der Waals surface area contributed by atoms with Crippen LogP contribution in [-0.4, -0.2) is 72.3 Å². The van der Waals surface area contributed by atoms with Crippen LogP contribution in [0.4, 0.5) is 5.69 Å². The number of sulfonamides is 1. The van der Waals surface area contributed by atoms with Crippen molar-refractivity contribution in [3.8, 4) is 11.4 Å². The van der Waals surface area contributed by atoms with Crippen LogP contribution in [0.3, 0.4) is 0 Å². The highest BCUT2D eigenvalue weighted by atomic mass is 32.2. The molecule has 0 N–H and O–H groups in total. The van der Waals surface area contributed by atoms with Gasteiger partial charge in [0.25, 0.3) is 10.0 Å². The highest BCUT2D eigenvalue weighted by Crippen LogP contribution is 2.32. The number of anilines is 1. The Morgan fingerprint density at radius 1 is 0.975 bits per heavy atom. The Morgan fingerprint density at radius 2 is 1.68 bits per heavy atom. The molecule has 0 spiro atoms. The fraction of sp³-hybridized carbons (Fsp3) is 0.429. The van der Waals surface area contributed by atoms with E-state index in [-0.39, 0.29) is 47.4 Å². The minimum absolute atomic E-state index is 0.0121. The van der Waals surface area contributed by atoms with Crippen LogP contribution in [0, 0.1) is 5.92 Å². The van der Waals surface area contributed by atoms with E-state index in [9.17, 15) is 18.0 Å². The first-order valence-electron chi connectivity index (χ1n) is 13.6. The molecule has 12 heteroatoms. The van der Waals surface area contributed by atoms with Crippen molar-refractivity contribution in [3.63, 3.8) is 0 Å². The molecule has 40 heavy (non-hydrogen) atoms. The number of piperazine rings is 1. The Kier molecular flexibility index (Phi) is 8.46. The molecule has 0 bridgehead atoms. The quantitative estimate of drug-likeness (QED) is 0.378. The number of carbonyl (C=O) groups excluding carboxylic acids is 1. The molecule has 1 aliphatic heterocycles. The molecule has 212 valence electrons.